The largest absolute Gasteiger partial charge is 0.457 e. The number of rotatable bonds is 4. The van der Waals surface area contributed by atoms with Crippen molar-refractivity contribution in [2.24, 2.45) is 0 Å². The van der Waals surface area contributed by atoms with Crippen molar-refractivity contribution in [1.29, 1.82) is 0 Å². The Hall–Kier alpha value is -2.99. The van der Waals surface area contributed by atoms with Crippen molar-refractivity contribution in [3.05, 3.63) is 88.9 Å². The number of alkyl halides is 3. The van der Waals surface area contributed by atoms with E-state index in [1.54, 1.807) is 30.3 Å². The topological polar surface area (TPSA) is 38.3 Å². The second-order valence-electron chi connectivity index (χ2n) is 5.58. The summed E-state index contributed by atoms with van der Waals surface area (Å²) in [4.78, 5) is 12.1. The van der Waals surface area contributed by atoms with E-state index < -0.39 is 17.6 Å². The first-order valence-electron chi connectivity index (χ1n) is 7.84. The molecule has 138 valence electrons. The zero-order valence-corrected chi connectivity index (χ0v) is 14.5. The molecule has 3 aromatic carbocycles. The number of nitrogens with one attached hydrogen (secondary N) is 1. The molecular weight excluding hydrogens is 379 g/mol. The van der Waals surface area contributed by atoms with E-state index in [0.29, 0.717) is 10.6 Å². The van der Waals surface area contributed by atoms with Crippen molar-refractivity contribution >= 4 is 23.2 Å². The average molecular weight is 392 g/mol. The molecule has 27 heavy (non-hydrogen) atoms. The molecular formula is C20H13ClF3NO2. The third-order valence-electron chi connectivity index (χ3n) is 3.62. The summed E-state index contributed by atoms with van der Waals surface area (Å²) in [5, 5.41) is 2.90. The highest BCUT2D eigenvalue weighted by Crippen LogP contribution is 2.39. The molecule has 0 aliphatic carbocycles. The molecule has 0 aliphatic rings. The highest BCUT2D eigenvalue weighted by molar-refractivity contribution is 6.30. The summed E-state index contributed by atoms with van der Waals surface area (Å²) >= 11 is 5.76. The maximum absolute atomic E-state index is 13.4. The predicted molar refractivity (Wildman–Crippen MR) is 97.4 cm³/mol. The van der Waals surface area contributed by atoms with E-state index in [0.717, 1.165) is 12.1 Å². The maximum Gasteiger partial charge on any atom is 0.420 e. The lowest BCUT2D eigenvalue weighted by atomic mass is 10.1. The van der Waals surface area contributed by atoms with E-state index in [9.17, 15) is 18.0 Å². The number of carbonyl (C=O) groups is 1. The lowest BCUT2D eigenvalue weighted by Gasteiger charge is -2.15. The summed E-state index contributed by atoms with van der Waals surface area (Å²) in [6.07, 6.45) is -4.66. The maximum atomic E-state index is 13.4. The van der Waals surface area contributed by atoms with Gasteiger partial charge in [0, 0.05) is 16.3 Å². The Morgan fingerprint density at radius 2 is 1.59 bits per heavy atom. The number of hydrogen-bond donors (Lipinski definition) is 1. The molecule has 0 aromatic heterocycles. The first-order valence-corrected chi connectivity index (χ1v) is 8.22. The van der Waals surface area contributed by atoms with Crippen LogP contribution in [0.3, 0.4) is 0 Å². The fraction of sp³-hybridized carbons (Fsp3) is 0.0500. The smallest absolute Gasteiger partial charge is 0.420 e. The lowest BCUT2D eigenvalue weighted by molar-refractivity contribution is -0.138. The summed E-state index contributed by atoms with van der Waals surface area (Å²) in [6, 6.07) is 17.5. The van der Waals surface area contributed by atoms with Crippen molar-refractivity contribution in [1.82, 2.24) is 0 Å². The van der Waals surface area contributed by atoms with Crippen molar-refractivity contribution in [2.45, 2.75) is 6.18 Å². The third kappa shape index (κ3) is 4.80. The molecule has 0 fully saturated rings. The van der Waals surface area contributed by atoms with Gasteiger partial charge in [-0.3, -0.25) is 4.79 Å². The average Bonchev–Trinajstić information content (AvgIpc) is 2.64. The Balaban J connectivity index is 1.88. The van der Waals surface area contributed by atoms with E-state index in [4.69, 9.17) is 16.3 Å². The SMILES string of the molecule is O=C(Nc1ccc(Oc2ccc(Cl)cc2)c(C(F)(F)F)c1)c1ccccc1. The molecule has 0 atom stereocenters. The number of ether oxygens (including phenoxy) is 1. The Morgan fingerprint density at radius 3 is 2.22 bits per heavy atom. The molecule has 3 rings (SSSR count). The van der Waals surface area contributed by atoms with E-state index in [1.165, 1.54) is 30.3 Å². The van der Waals surface area contributed by atoms with Crippen LogP contribution in [0.15, 0.2) is 72.8 Å². The molecule has 3 aromatic rings. The summed E-state index contributed by atoms with van der Waals surface area (Å²) < 4.78 is 45.7. The Kier molecular flexibility index (Phi) is 5.37. The molecule has 1 amide bonds. The molecule has 0 radical (unpaired) electrons. The van der Waals surface area contributed by atoms with E-state index in [-0.39, 0.29) is 17.2 Å². The van der Waals surface area contributed by atoms with Crippen LogP contribution in [0.4, 0.5) is 18.9 Å². The normalized spacial score (nSPS) is 11.1. The van der Waals surface area contributed by atoms with Gasteiger partial charge in [-0.1, -0.05) is 29.8 Å². The summed E-state index contributed by atoms with van der Waals surface area (Å²) in [7, 11) is 0. The number of carbonyl (C=O) groups excluding carboxylic acids is 1. The standard InChI is InChI=1S/C20H13ClF3NO2/c21-14-6-9-16(10-7-14)27-18-11-8-15(12-17(18)20(22,23)24)25-19(26)13-4-2-1-3-5-13/h1-12H,(H,25,26). The van der Waals surface area contributed by atoms with Crippen LogP contribution in [0.25, 0.3) is 0 Å². The van der Waals surface area contributed by atoms with E-state index in [2.05, 4.69) is 5.32 Å². The van der Waals surface area contributed by atoms with Gasteiger partial charge in [-0.05, 0) is 54.6 Å². The highest BCUT2D eigenvalue weighted by Gasteiger charge is 2.35. The van der Waals surface area contributed by atoms with Crippen LogP contribution in [0, 0.1) is 0 Å². The number of anilines is 1. The second-order valence-corrected chi connectivity index (χ2v) is 6.02. The summed E-state index contributed by atoms with van der Waals surface area (Å²) in [5.41, 5.74) is -0.643. The molecule has 0 unspecified atom stereocenters. The molecule has 0 aliphatic heterocycles. The molecule has 3 nitrogen and oxygen atoms in total. The van der Waals surface area contributed by atoms with Crippen molar-refractivity contribution < 1.29 is 22.7 Å². The van der Waals surface area contributed by atoms with Crippen LogP contribution >= 0.6 is 11.6 Å². The van der Waals surface area contributed by atoms with Crippen LogP contribution < -0.4 is 10.1 Å². The van der Waals surface area contributed by atoms with E-state index in [1.807, 2.05) is 0 Å². The van der Waals surface area contributed by atoms with Gasteiger partial charge in [0.25, 0.3) is 5.91 Å². The highest BCUT2D eigenvalue weighted by atomic mass is 35.5. The zero-order chi connectivity index (χ0) is 19.4. The minimum atomic E-state index is -4.66. The van der Waals surface area contributed by atoms with Gasteiger partial charge < -0.3 is 10.1 Å². The molecule has 0 saturated carbocycles. The van der Waals surface area contributed by atoms with Crippen LogP contribution in [-0.4, -0.2) is 5.91 Å². The predicted octanol–water partition coefficient (Wildman–Crippen LogP) is 6.40. The minimum absolute atomic E-state index is 0.0136. The van der Waals surface area contributed by atoms with Gasteiger partial charge in [0.05, 0.1) is 0 Å². The molecule has 0 saturated heterocycles. The fourth-order valence-corrected chi connectivity index (χ4v) is 2.47. The van der Waals surface area contributed by atoms with Crippen LogP contribution in [0.1, 0.15) is 15.9 Å². The van der Waals surface area contributed by atoms with Gasteiger partial charge in [0.2, 0.25) is 0 Å². The summed E-state index contributed by atoms with van der Waals surface area (Å²) in [6.45, 7) is 0. The first kappa shape index (κ1) is 18.8. The minimum Gasteiger partial charge on any atom is -0.457 e. The zero-order valence-electron chi connectivity index (χ0n) is 13.8. The molecule has 7 heteroatoms. The van der Waals surface area contributed by atoms with Gasteiger partial charge in [0.1, 0.15) is 17.1 Å². The molecule has 0 heterocycles. The molecule has 0 bridgehead atoms. The fourth-order valence-electron chi connectivity index (χ4n) is 2.34. The number of hydrogen-bond acceptors (Lipinski definition) is 2. The van der Waals surface area contributed by atoms with Crippen LogP contribution in [0.2, 0.25) is 5.02 Å². The van der Waals surface area contributed by atoms with Gasteiger partial charge in [0.15, 0.2) is 0 Å². The second kappa shape index (κ2) is 7.72. The Morgan fingerprint density at radius 1 is 0.926 bits per heavy atom. The number of benzene rings is 3. The quantitative estimate of drug-likeness (QED) is 0.558. The lowest BCUT2D eigenvalue weighted by Crippen LogP contribution is -2.13. The third-order valence-corrected chi connectivity index (χ3v) is 3.87. The van der Waals surface area contributed by atoms with Gasteiger partial charge in [-0.2, -0.15) is 13.2 Å². The van der Waals surface area contributed by atoms with Crippen molar-refractivity contribution in [3.63, 3.8) is 0 Å². The van der Waals surface area contributed by atoms with Crippen LogP contribution in [-0.2, 0) is 6.18 Å². The van der Waals surface area contributed by atoms with Crippen LogP contribution in [0.5, 0.6) is 11.5 Å². The van der Waals surface area contributed by atoms with Gasteiger partial charge in [-0.15, -0.1) is 0 Å². The van der Waals surface area contributed by atoms with Gasteiger partial charge in [-0.25, -0.2) is 0 Å². The van der Waals surface area contributed by atoms with Gasteiger partial charge >= 0.3 is 6.18 Å². The summed E-state index contributed by atoms with van der Waals surface area (Å²) in [5.74, 6) is -0.663. The van der Waals surface area contributed by atoms with Crippen molar-refractivity contribution in [2.75, 3.05) is 5.32 Å². The monoisotopic (exact) mass is 391 g/mol. The Labute approximate surface area is 158 Å². The molecule has 0 spiro atoms. The number of amides is 1. The molecule has 1 N–H and O–H groups in total. The van der Waals surface area contributed by atoms with Crippen molar-refractivity contribution in [3.8, 4) is 11.5 Å². The van der Waals surface area contributed by atoms with E-state index >= 15 is 0 Å². The number of halogens is 4. The first-order chi connectivity index (χ1) is 12.8. The Bertz CT molecular complexity index is 942.